The quantitative estimate of drug-likeness (QED) is 0.747. The highest BCUT2D eigenvalue weighted by atomic mass is 32.2. The van der Waals surface area contributed by atoms with Crippen LogP contribution in [0.2, 0.25) is 0 Å². The first kappa shape index (κ1) is 17.3. The fraction of sp³-hybridized carbons (Fsp3) is 0.438. The van der Waals surface area contributed by atoms with Crippen LogP contribution < -0.4 is 4.74 Å². The van der Waals surface area contributed by atoms with E-state index in [2.05, 4.69) is 17.1 Å². The van der Waals surface area contributed by atoms with Crippen molar-refractivity contribution in [2.24, 2.45) is 0 Å². The van der Waals surface area contributed by atoms with E-state index in [4.69, 9.17) is 9.84 Å². The van der Waals surface area contributed by atoms with Crippen LogP contribution in [0.3, 0.4) is 0 Å². The van der Waals surface area contributed by atoms with E-state index in [1.54, 1.807) is 6.92 Å². The Kier molecular flexibility index (Phi) is 6.04. The van der Waals surface area contributed by atoms with E-state index in [9.17, 15) is 4.79 Å². The van der Waals surface area contributed by atoms with Gasteiger partial charge in [0.15, 0.2) is 11.0 Å². The van der Waals surface area contributed by atoms with Gasteiger partial charge in [0.1, 0.15) is 17.6 Å². The average Bonchev–Trinajstić information content (AvgIpc) is 2.94. The summed E-state index contributed by atoms with van der Waals surface area (Å²) in [4.78, 5) is 11.0. The third-order valence-electron chi connectivity index (χ3n) is 3.44. The molecule has 0 saturated carbocycles. The molecular formula is C16H21N3O3S. The fourth-order valence-corrected chi connectivity index (χ4v) is 2.88. The van der Waals surface area contributed by atoms with Crippen molar-refractivity contribution in [1.82, 2.24) is 14.8 Å². The van der Waals surface area contributed by atoms with Crippen LogP contribution in [0.4, 0.5) is 0 Å². The van der Waals surface area contributed by atoms with Crippen LogP contribution in [0.1, 0.15) is 32.2 Å². The molecule has 1 atom stereocenters. The average molecular weight is 335 g/mol. The summed E-state index contributed by atoms with van der Waals surface area (Å²) in [6, 6.07) is 7.95. The van der Waals surface area contributed by atoms with Gasteiger partial charge in [0.2, 0.25) is 0 Å². The Balaban J connectivity index is 2.04. The van der Waals surface area contributed by atoms with E-state index in [1.807, 2.05) is 35.8 Å². The van der Waals surface area contributed by atoms with Crippen molar-refractivity contribution in [3.05, 3.63) is 35.7 Å². The van der Waals surface area contributed by atoms with Gasteiger partial charge in [-0.2, -0.15) is 0 Å². The second-order valence-electron chi connectivity index (χ2n) is 5.03. The number of benzene rings is 1. The van der Waals surface area contributed by atoms with E-state index in [0.717, 1.165) is 12.2 Å². The SMILES string of the molecule is CCc1ccc(OCc2nnc(SC(C)C(=O)O)n2CC)cc1. The highest BCUT2D eigenvalue weighted by Crippen LogP contribution is 2.23. The summed E-state index contributed by atoms with van der Waals surface area (Å²) in [5, 5.41) is 17.2. The van der Waals surface area contributed by atoms with E-state index in [-0.39, 0.29) is 0 Å². The third-order valence-corrected chi connectivity index (χ3v) is 4.51. The lowest BCUT2D eigenvalue weighted by atomic mass is 10.2. The topological polar surface area (TPSA) is 77.2 Å². The van der Waals surface area contributed by atoms with Gasteiger partial charge in [-0.05, 0) is 38.0 Å². The number of rotatable bonds is 8. The van der Waals surface area contributed by atoms with Crippen LogP contribution >= 0.6 is 11.8 Å². The monoisotopic (exact) mass is 335 g/mol. The molecule has 1 unspecified atom stereocenters. The first-order chi connectivity index (χ1) is 11.0. The lowest BCUT2D eigenvalue weighted by Gasteiger charge is -2.10. The van der Waals surface area contributed by atoms with Crippen molar-refractivity contribution in [2.75, 3.05) is 0 Å². The van der Waals surface area contributed by atoms with Crippen molar-refractivity contribution >= 4 is 17.7 Å². The zero-order chi connectivity index (χ0) is 16.8. The minimum atomic E-state index is -0.866. The number of nitrogens with zero attached hydrogens (tertiary/aromatic N) is 3. The van der Waals surface area contributed by atoms with Crippen LogP contribution in [0.15, 0.2) is 29.4 Å². The summed E-state index contributed by atoms with van der Waals surface area (Å²) in [6.45, 7) is 6.67. The number of carboxylic acids is 1. The molecule has 1 aromatic carbocycles. The van der Waals surface area contributed by atoms with E-state index < -0.39 is 11.2 Å². The Bertz CT molecular complexity index is 655. The van der Waals surface area contributed by atoms with Gasteiger partial charge in [-0.15, -0.1) is 10.2 Å². The van der Waals surface area contributed by atoms with Crippen molar-refractivity contribution in [2.45, 2.75) is 50.8 Å². The molecule has 6 nitrogen and oxygen atoms in total. The molecule has 23 heavy (non-hydrogen) atoms. The van der Waals surface area contributed by atoms with Crippen LogP contribution in [-0.2, 0) is 24.4 Å². The number of aliphatic carboxylic acids is 1. The highest BCUT2D eigenvalue weighted by molar-refractivity contribution is 8.00. The predicted octanol–water partition coefficient (Wildman–Crippen LogP) is 3.00. The largest absolute Gasteiger partial charge is 0.486 e. The molecule has 0 fully saturated rings. The van der Waals surface area contributed by atoms with E-state index in [0.29, 0.717) is 24.1 Å². The number of thioether (sulfide) groups is 1. The van der Waals surface area contributed by atoms with E-state index in [1.165, 1.54) is 17.3 Å². The molecule has 0 bridgehead atoms. The zero-order valence-electron chi connectivity index (χ0n) is 13.5. The molecule has 124 valence electrons. The summed E-state index contributed by atoms with van der Waals surface area (Å²) >= 11 is 1.18. The van der Waals surface area contributed by atoms with Gasteiger partial charge in [-0.3, -0.25) is 4.79 Å². The van der Waals surface area contributed by atoms with E-state index >= 15 is 0 Å². The fourth-order valence-electron chi connectivity index (χ4n) is 2.01. The molecule has 0 aliphatic rings. The van der Waals surface area contributed by atoms with Gasteiger partial charge in [-0.25, -0.2) is 0 Å². The molecule has 7 heteroatoms. The summed E-state index contributed by atoms with van der Waals surface area (Å²) < 4.78 is 7.63. The van der Waals surface area contributed by atoms with Gasteiger partial charge in [0.05, 0.1) is 0 Å². The van der Waals surface area contributed by atoms with Crippen molar-refractivity contribution in [3.8, 4) is 5.75 Å². The second kappa shape index (κ2) is 8.01. The molecule has 0 amide bonds. The van der Waals surface area contributed by atoms with Crippen molar-refractivity contribution in [1.29, 1.82) is 0 Å². The number of aryl methyl sites for hydroxylation is 1. The number of aromatic nitrogens is 3. The molecule has 1 N–H and O–H groups in total. The zero-order valence-corrected chi connectivity index (χ0v) is 14.3. The van der Waals surface area contributed by atoms with Crippen molar-refractivity contribution in [3.63, 3.8) is 0 Å². The molecule has 0 saturated heterocycles. The Labute approximate surface area is 139 Å². The minimum Gasteiger partial charge on any atom is -0.486 e. The molecule has 2 rings (SSSR count). The summed E-state index contributed by atoms with van der Waals surface area (Å²) in [5.41, 5.74) is 1.26. The summed E-state index contributed by atoms with van der Waals surface area (Å²) in [5.74, 6) is 0.600. The predicted molar refractivity (Wildman–Crippen MR) is 88.8 cm³/mol. The van der Waals surface area contributed by atoms with Gasteiger partial charge in [0, 0.05) is 6.54 Å². The molecule has 0 spiro atoms. The molecule has 0 aliphatic heterocycles. The third kappa shape index (κ3) is 4.48. The molecular weight excluding hydrogens is 314 g/mol. The van der Waals surface area contributed by atoms with Crippen molar-refractivity contribution < 1.29 is 14.6 Å². The molecule has 0 radical (unpaired) electrons. The lowest BCUT2D eigenvalue weighted by molar-refractivity contribution is -0.136. The van der Waals surface area contributed by atoms with Crippen LogP contribution in [0.25, 0.3) is 0 Å². The number of hydrogen-bond donors (Lipinski definition) is 1. The van der Waals surface area contributed by atoms with Crippen LogP contribution in [0, 0.1) is 0 Å². The Hall–Kier alpha value is -2.02. The van der Waals surface area contributed by atoms with Gasteiger partial charge in [0.25, 0.3) is 0 Å². The first-order valence-corrected chi connectivity index (χ1v) is 8.46. The Morgan fingerprint density at radius 3 is 2.57 bits per heavy atom. The summed E-state index contributed by atoms with van der Waals surface area (Å²) in [7, 11) is 0. The number of hydrogen-bond acceptors (Lipinski definition) is 5. The number of ether oxygens (including phenoxy) is 1. The summed E-state index contributed by atoms with van der Waals surface area (Å²) in [6.07, 6.45) is 0.993. The standard InChI is InChI=1S/C16H21N3O3S/c1-4-12-6-8-13(9-7-12)22-10-14-17-18-16(19(14)5-2)23-11(3)15(20)21/h6-9,11H,4-5,10H2,1-3H3,(H,20,21). The number of carbonyl (C=O) groups is 1. The molecule has 1 heterocycles. The molecule has 2 aromatic rings. The van der Waals surface area contributed by atoms with Gasteiger partial charge < -0.3 is 14.4 Å². The lowest BCUT2D eigenvalue weighted by Crippen LogP contribution is -2.13. The maximum Gasteiger partial charge on any atom is 0.316 e. The maximum absolute atomic E-state index is 11.0. The van der Waals surface area contributed by atoms with Gasteiger partial charge in [-0.1, -0.05) is 30.8 Å². The number of carboxylic acid groups (broad SMARTS) is 1. The van der Waals surface area contributed by atoms with Gasteiger partial charge >= 0.3 is 5.97 Å². The smallest absolute Gasteiger partial charge is 0.316 e. The molecule has 1 aromatic heterocycles. The second-order valence-corrected chi connectivity index (χ2v) is 6.34. The maximum atomic E-state index is 11.0. The Morgan fingerprint density at radius 2 is 2.00 bits per heavy atom. The molecule has 0 aliphatic carbocycles. The first-order valence-electron chi connectivity index (χ1n) is 7.58. The van der Waals surface area contributed by atoms with Crippen LogP contribution in [0.5, 0.6) is 5.75 Å². The Morgan fingerprint density at radius 1 is 1.30 bits per heavy atom. The van der Waals surface area contributed by atoms with Crippen LogP contribution in [-0.4, -0.2) is 31.1 Å². The highest BCUT2D eigenvalue weighted by Gasteiger charge is 2.19. The normalized spacial score (nSPS) is 12.1. The minimum absolute atomic E-state index is 0.300.